The first-order valence-corrected chi connectivity index (χ1v) is 15.5. The third-order valence-corrected chi connectivity index (χ3v) is 6.87. The van der Waals surface area contributed by atoms with Crippen LogP contribution in [0.4, 0.5) is 31.9 Å². The van der Waals surface area contributed by atoms with Gasteiger partial charge in [-0.3, -0.25) is 29.5 Å². The number of nitro groups is 1. The Labute approximate surface area is 286 Å². The summed E-state index contributed by atoms with van der Waals surface area (Å²) in [4.78, 5) is 69.2. The Hall–Kier alpha value is -5.61. The van der Waals surface area contributed by atoms with Crippen LogP contribution < -0.4 is 27.2 Å². The molecule has 3 aromatic rings. The van der Waals surface area contributed by atoms with Crippen LogP contribution in [0, 0.1) is 21.7 Å². The lowest BCUT2D eigenvalue weighted by atomic mass is 10.1. The highest BCUT2D eigenvalue weighted by atomic mass is 19.1. The molecule has 0 saturated heterocycles. The zero-order chi connectivity index (χ0) is 37.6. The maximum absolute atomic E-state index is 14.7. The first-order valence-electron chi connectivity index (χ1n) is 15.5. The number of carbonyl (C=O) groups is 3. The van der Waals surface area contributed by atoms with Crippen LogP contribution in [0.2, 0.25) is 0 Å². The molecular weight excluding hydrogens is 660 g/mol. The van der Waals surface area contributed by atoms with Gasteiger partial charge in [0.25, 0.3) is 11.5 Å². The van der Waals surface area contributed by atoms with Crippen molar-refractivity contribution in [3.63, 3.8) is 0 Å². The summed E-state index contributed by atoms with van der Waals surface area (Å²) in [6.07, 6.45) is -0.408. The highest BCUT2D eigenvalue weighted by Crippen LogP contribution is 2.33. The number of esters is 2. The van der Waals surface area contributed by atoms with Crippen molar-refractivity contribution in [3.05, 3.63) is 85.2 Å². The van der Waals surface area contributed by atoms with E-state index in [1.807, 2.05) is 0 Å². The van der Waals surface area contributed by atoms with Crippen LogP contribution in [0.3, 0.4) is 0 Å². The van der Waals surface area contributed by atoms with Gasteiger partial charge in [0.2, 0.25) is 11.8 Å². The van der Waals surface area contributed by atoms with E-state index in [-0.39, 0.29) is 55.2 Å². The third-order valence-electron chi connectivity index (χ3n) is 6.87. The van der Waals surface area contributed by atoms with Gasteiger partial charge in [0, 0.05) is 37.2 Å². The van der Waals surface area contributed by atoms with Crippen LogP contribution in [-0.2, 0) is 32.0 Å². The maximum atomic E-state index is 14.7. The second kappa shape index (κ2) is 15.7. The fourth-order valence-corrected chi connectivity index (χ4v) is 4.78. The van der Waals surface area contributed by atoms with E-state index in [1.54, 1.807) is 41.5 Å². The van der Waals surface area contributed by atoms with Crippen LogP contribution in [0.1, 0.15) is 75.9 Å². The molecule has 17 heteroatoms. The van der Waals surface area contributed by atoms with E-state index in [2.05, 4.69) is 15.3 Å². The molecule has 2 aromatic carbocycles. The zero-order valence-electron chi connectivity index (χ0n) is 28.6. The number of nitro benzene ring substituents is 1. The van der Waals surface area contributed by atoms with Gasteiger partial charge in [-0.2, -0.15) is 9.37 Å². The monoisotopic (exact) mass is 701 g/mol. The Morgan fingerprint density at radius 2 is 1.66 bits per heavy atom. The molecule has 0 aliphatic heterocycles. The van der Waals surface area contributed by atoms with E-state index in [9.17, 15) is 38.1 Å². The molecule has 1 atom stereocenters. The van der Waals surface area contributed by atoms with Crippen LogP contribution in [-0.4, -0.2) is 56.5 Å². The van der Waals surface area contributed by atoms with Gasteiger partial charge < -0.3 is 31.2 Å². The van der Waals surface area contributed by atoms with Crippen molar-refractivity contribution in [3.8, 4) is 0 Å². The van der Waals surface area contributed by atoms with Crippen molar-refractivity contribution < 1.29 is 37.6 Å². The number of anilines is 3. The highest BCUT2D eigenvalue weighted by Gasteiger charge is 2.30. The predicted molar refractivity (Wildman–Crippen MR) is 180 cm³/mol. The summed E-state index contributed by atoms with van der Waals surface area (Å²) in [5, 5.41) is 14.4. The largest absolute Gasteiger partial charge is 0.460 e. The molecule has 6 N–H and O–H groups in total. The molecule has 1 heterocycles. The zero-order valence-corrected chi connectivity index (χ0v) is 28.6. The smallest absolute Gasteiger partial charge is 0.329 e. The second-order valence-corrected chi connectivity index (χ2v) is 13.4. The third kappa shape index (κ3) is 11.2. The van der Waals surface area contributed by atoms with Crippen LogP contribution in [0.5, 0.6) is 0 Å². The van der Waals surface area contributed by atoms with Crippen LogP contribution in [0.25, 0.3) is 0 Å². The lowest BCUT2D eigenvalue weighted by Gasteiger charge is -2.26. The van der Waals surface area contributed by atoms with E-state index >= 15 is 0 Å². The van der Waals surface area contributed by atoms with Crippen LogP contribution >= 0.6 is 0 Å². The lowest BCUT2D eigenvalue weighted by Crippen LogP contribution is -2.44. The number of ether oxygens (including phenoxy) is 2. The Bertz CT molecular complexity index is 1800. The minimum absolute atomic E-state index is 0.00181. The Morgan fingerprint density at radius 3 is 2.22 bits per heavy atom. The molecule has 50 heavy (non-hydrogen) atoms. The van der Waals surface area contributed by atoms with Gasteiger partial charge in [-0.25, -0.2) is 9.18 Å². The van der Waals surface area contributed by atoms with Crippen molar-refractivity contribution in [2.45, 2.75) is 84.6 Å². The van der Waals surface area contributed by atoms with Crippen molar-refractivity contribution in [1.82, 2.24) is 15.3 Å². The molecule has 15 nitrogen and oxygen atoms in total. The lowest BCUT2D eigenvalue weighted by molar-refractivity contribution is -0.386. The molecule has 0 spiro atoms. The van der Waals surface area contributed by atoms with Crippen molar-refractivity contribution in [2.24, 2.45) is 0 Å². The van der Waals surface area contributed by atoms with E-state index in [4.69, 9.17) is 20.9 Å². The average Bonchev–Trinajstić information content (AvgIpc) is 2.95. The van der Waals surface area contributed by atoms with Crippen molar-refractivity contribution in [1.29, 1.82) is 0 Å². The summed E-state index contributed by atoms with van der Waals surface area (Å²) < 4.78 is 39.8. The molecule has 0 aliphatic rings. The predicted octanol–water partition coefficient (Wildman–Crippen LogP) is 3.93. The number of nitrogens with zero attached hydrogens (tertiary/aromatic N) is 3. The van der Waals surface area contributed by atoms with Crippen molar-refractivity contribution in [2.75, 3.05) is 22.9 Å². The quantitative estimate of drug-likeness (QED) is 0.113. The van der Waals surface area contributed by atoms with E-state index in [0.717, 1.165) is 6.07 Å². The minimum Gasteiger partial charge on any atom is -0.460 e. The highest BCUT2D eigenvalue weighted by molar-refractivity contribution is 5.97. The number of halogens is 2. The molecule has 1 aromatic heterocycles. The molecule has 0 aliphatic carbocycles. The maximum Gasteiger partial charge on any atom is 0.329 e. The standard InChI is InChI=1S/C33H41F2N7O8/c1-32(2,3)49-25(43)12-11-23(30(46)50-33(4,5)6)38-28(44)19-9-7-18(8-10-19)17-41(14-13-21-27(36)39-31(37)40-29(21)45)24-16-20(34)15-22(35)26(24)42(47)48/h7-10,15-16,23H,11-14,17H2,1-6H3,(H,38,44)(H5,36,37,39,40,45)/t23-/m0/s1. The Kier molecular flexibility index (Phi) is 12.2. The van der Waals surface area contributed by atoms with Gasteiger partial charge in [0.1, 0.15) is 34.6 Å². The molecule has 1 amide bonds. The SMILES string of the molecule is CC(C)(C)OC(=O)CC[C@H](NC(=O)c1ccc(CN(CCc2c(N)nc(N)[nH]c2=O)c2cc(F)cc(F)c2[N+](=O)[O-])cc1)C(=O)OC(C)(C)C. The fourth-order valence-electron chi connectivity index (χ4n) is 4.78. The molecule has 0 radical (unpaired) electrons. The molecule has 0 bridgehead atoms. The summed E-state index contributed by atoms with van der Waals surface area (Å²) in [5.41, 5.74) is 8.29. The van der Waals surface area contributed by atoms with Crippen molar-refractivity contribution >= 4 is 41.0 Å². The number of hydrogen-bond donors (Lipinski definition) is 4. The fraction of sp³-hybridized carbons (Fsp3) is 0.424. The van der Waals surface area contributed by atoms with Gasteiger partial charge in [0.05, 0.1) is 10.5 Å². The number of H-pyrrole nitrogens is 1. The van der Waals surface area contributed by atoms with Gasteiger partial charge in [-0.15, -0.1) is 0 Å². The molecule has 0 unspecified atom stereocenters. The first kappa shape index (κ1) is 38.8. The summed E-state index contributed by atoms with van der Waals surface area (Å²) in [7, 11) is 0. The van der Waals surface area contributed by atoms with E-state index < -0.39 is 68.6 Å². The number of hydrogen-bond acceptors (Lipinski definition) is 12. The summed E-state index contributed by atoms with van der Waals surface area (Å²) in [6.45, 7) is 9.74. The topological polar surface area (TPSA) is 226 Å². The number of nitrogens with one attached hydrogen (secondary N) is 2. The van der Waals surface area contributed by atoms with Gasteiger partial charge >= 0.3 is 17.6 Å². The van der Waals surface area contributed by atoms with Crippen LogP contribution in [0.15, 0.2) is 41.2 Å². The Balaban J connectivity index is 1.88. The van der Waals surface area contributed by atoms with Gasteiger partial charge in [-0.05, 0) is 72.1 Å². The summed E-state index contributed by atoms with van der Waals surface area (Å²) >= 11 is 0. The number of benzene rings is 2. The molecular formula is C33H41F2N7O8. The Morgan fingerprint density at radius 1 is 1.04 bits per heavy atom. The number of carbonyl (C=O) groups excluding carboxylic acids is 3. The van der Waals surface area contributed by atoms with Gasteiger partial charge in [0.15, 0.2) is 0 Å². The number of nitrogen functional groups attached to an aromatic ring is 2. The number of rotatable bonds is 13. The molecule has 3 rings (SSSR count). The number of aromatic nitrogens is 2. The molecule has 0 fully saturated rings. The number of aromatic amines is 1. The summed E-state index contributed by atoms with van der Waals surface area (Å²) in [6, 6.07) is 5.82. The first-order chi connectivity index (χ1) is 23.1. The second-order valence-electron chi connectivity index (χ2n) is 13.4. The average molecular weight is 702 g/mol. The van der Waals surface area contributed by atoms with E-state index in [1.165, 1.54) is 29.2 Å². The van der Waals surface area contributed by atoms with E-state index in [0.29, 0.717) is 11.6 Å². The van der Waals surface area contributed by atoms with Gasteiger partial charge in [-0.1, -0.05) is 12.1 Å². The summed E-state index contributed by atoms with van der Waals surface area (Å²) in [5.74, 6) is -4.86. The number of nitrogens with two attached hydrogens (primary N) is 2. The molecule has 270 valence electrons. The molecule has 0 saturated carbocycles. The normalized spacial score (nSPS) is 12.2. The minimum atomic E-state index is -1.40. The number of amides is 1.